The molecular formula is C15H24N2O. The normalized spacial score (nSPS) is 19.9. The van der Waals surface area contributed by atoms with Crippen LogP contribution in [0.25, 0.3) is 0 Å². The average Bonchev–Trinajstić information content (AvgIpc) is 2.82. The predicted molar refractivity (Wildman–Crippen MR) is 74.1 cm³/mol. The van der Waals surface area contributed by atoms with E-state index in [2.05, 4.69) is 43.5 Å². The van der Waals surface area contributed by atoms with Crippen molar-refractivity contribution < 1.29 is 4.74 Å². The van der Waals surface area contributed by atoms with Gasteiger partial charge in [-0.25, -0.2) is 0 Å². The third kappa shape index (κ3) is 2.58. The molecule has 1 saturated carbocycles. The molecule has 1 aliphatic carbocycles. The summed E-state index contributed by atoms with van der Waals surface area (Å²) in [6.45, 7) is 4.90. The molecule has 0 aromatic heterocycles. The van der Waals surface area contributed by atoms with Gasteiger partial charge in [0, 0.05) is 6.61 Å². The first kappa shape index (κ1) is 13.5. The molecule has 3 nitrogen and oxygen atoms in total. The van der Waals surface area contributed by atoms with Crippen LogP contribution in [0.5, 0.6) is 0 Å². The van der Waals surface area contributed by atoms with Crippen LogP contribution >= 0.6 is 0 Å². The van der Waals surface area contributed by atoms with E-state index in [1.807, 2.05) is 0 Å². The first-order chi connectivity index (χ1) is 8.72. The minimum atomic E-state index is -0.126. The van der Waals surface area contributed by atoms with Crippen LogP contribution in [-0.2, 0) is 4.74 Å². The second-order valence-electron chi connectivity index (χ2n) is 5.22. The van der Waals surface area contributed by atoms with Crippen LogP contribution in [0.1, 0.15) is 49.8 Å². The van der Waals surface area contributed by atoms with Gasteiger partial charge in [-0.3, -0.25) is 11.3 Å². The van der Waals surface area contributed by atoms with E-state index in [4.69, 9.17) is 10.6 Å². The van der Waals surface area contributed by atoms with E-state index in [1.165, 1.54) is 24.0 Å². The lowest BCUT2D eigenvalue weighted by Gasteiger charge is -2.37. The van der Waals surface area contributed by atoms with Crippen LogP contribution in [0.15, 0.2) is 24.3 Å². The number of ether oxygens (including phenoxy) is 1. The topological polar surface area (TPSA) is 47.3 Å². The number of nitrogens with one attached hydrogen (secondary N) is 1. The molecule has 0 radical (unpaired) electrons. The second kappa shape index (κ2) is 5.83. The van der Waals surface area contributed by atoms with Gasteiger partial charge in [-0.15, -0.1) is 0 Å². The fourth-order valence-corrected chi connectivity index (χ4v) is 3.09. The van der Waals surface area contributed by atoms with Gasteiger partial charge >= 0.3 is 0 Å². The van der Waals surface area contributed by atoms with Crippen molar-refractivity contribution in [1.29, 1.82) is 0 Å². The van der Waals surface area contributed by atoms with Gasteiger partial charge in [0.15, 0.2) is 0 Å². The first-order valence-corrected chi connectivity index (χ1v) is 6.88. The zero-order valence-corrected chi connectivity index (χ0v) is 11.4. The zero-order chi connectivity index (χ0) is 13.0. The van der Waals surface area contributed by atoms with Gasteiger partial charge in [0.05, 0.1) is 11.6 Å². The Balaban J connectivity index is 2.27. The molecule has 100 valence electrons. The highest BCUT2D eigenvalue weighted by Crippen LogP contribution is 2.42. The molecule has 0 aliphatic heterocycles. The number of nitrogens with two attached hydrogens (primary N) is 1. The van der Waals surface area contributed by atoms with E-state index in [0.717, 1.165) is 19.4 Å². The smallest absolute Gasteiger partial charge is 0.0889 e. The Labute approximate surface area is 110 Å². The summed E-state index contributed by atoms with van der Waals surface area (Å²) in [5.41, 5.74) is 5.34. The van der Waals surface area contributed by atoms with Gasteiger partial charge in [0.2, 0.25) is 0 Å². The molecule has 1 aromatic rings. The largest absolute Gasteiger partial charge is 0.373 e. The van der Waals surface area contributed by atoms with Crippen LogP contribution in [0.3, 0.4) is 0 Å². The molecule has 0 amide bonds. The third-order valence-corrected chi connectivity index (χ3v) is 3.99. The average molecular weight is 248 g/mol. The molecule has 3 heteroatoms. The highest BCUT2D eigenvalue weighted by Gasteiger charge is 2.42. The molecule has 0 heterocycles. The monoisotopic (exact) mass is 248 g/mol. The Kier molecular flexibility index (Phi) is 4.38. The fraction of sp³-hybridized carbons (Fsp3) is 0.600. The molecule has 18 heavy (non-hydrogen) atoms. The van der Waals surface area contributed by atoms with Crippen molar-refractivity contribution in [3.05, 3.63) is 35.4 Å². The van der Waals surface area contributed by atoms with Gasteiger partial charge in [-0.1, -0.05) is 42.7 Å². The highest BCUT2D eigenvalue weighted by atomic mass is 16.5. The van der Waals surface area contributed by atoms with Crippen LogP contribution in [0.4, 0.5) is 0 Å². The summed E-state index contributed by atoms with van der Waals surface area (Å²) in [6, 6.07) is 8.65. The Bertz CT molecular complexity index is 369. The van der Waals surface area contributed by atoms with Crippen LogP contribution in [0.2, 0.25) is 0 Å². The lowest BCUT2D eigenvalue weighted by molar-refractivity contribution is -0.0627. The van der Waals surface area contributed by atoms with Crippen molar-refractivity contribution in [2.45, 2.75) is 51.2 Å². The van der Waals surface area contributed by atoms with E-state index >= 15 is 0 Å². The van der Waals surface area contributed by atoms with E-state index in [1.54, 1.807) is 0 Å². The Morgan fingerprint density at radius 3 is 2.39 bits per heavy atom. The van der Waals surface area contributed by atoms with Crippen LogP contribution in [-0.4, -0.2) is 12.2 Å². The van der Waals surface area contributed by atoms with Gasteiger partial charge in [0.1, 0.15) is 0 Å². The maximum absolute atomic E-state index is 6.09. The Morgan fingerprint density at radius 1 is 1.28 bits per heavy atom. The highest BCUT2D eigenvalue weighted by molar-refractivity contribution is 5.27. The van der Waals surface area contributed by atoms with Crippen LogP contribution < -0.4 is 11.3 Å². The Hall–Kier alpha value is -0.900. The number of rotatable bonds is 5. The lowest BCUT2D eigenvalue weighted by atomic mass is 9.87. The molecule has 1 atom stereocenters. The quantitative estimate of drug-likeness (QED) is 0.622. The van der Waals surface area contributed by atoms with Crippen molar-refractivity contribution in [2.75, 3.05) is 6.61 Å². The van der Waals surface area contributed by atoms with E-state index in [0.29, 0.717) is 0 Å². The number of hydrazine groups is 1. The Morgan fingerprint density at radius 2 is 1.89 bits per heavy atom. The van der Waals surface area contributed by atoms with E-state index in [-0.39, 0.29) is 11.6 Å². The molecule has 0 bridgehead atoms. The van der Waals surface area contributed by atoms with Gasteiger partial charge < -0.3 is 4.74 Å². The maximum Gasteiger partial charge on any atom is 0.0889 e. The fourth-order valence-electron chi connectivity index (χ4n) is 3.09. The summed E-state index contributed by atoms with van der Waals surface area (Å²) in [7, 11) is 0. The van der Waals surface area contributed by atoms with Crippen molar-refractivity contribution >= 4 is 0 Å². The third-order valence-electron chi connectivity index (χ3n) is 3.99. The minimum absolute atomic E-state index is 0.0838. The molecule has 0 saturated heterocycles. The number of hydrogen-bond acceptors (Lipinski definition) is 3. The first-order valence-electron chi connectivity index (χ1n) is 6.88. The molecular weight excluding hydrogens is 224 g/mol. The van der Waals surface area contributed by atoms with Crippen molar-refractivity contribution in [3.8, 4) is 0 Å². The summed E-state index contributed by atoms with van der Waals surface area (Å²) >= 11 is 0. The zero-order valence-electron chi connectivity index (χ0n) is 11.4. The van der Waals surface area contributed by atoms with E-state index in [9.17, 15) is 0 Å². The standard InChI is InChI=1S/C15H24N2O/c1-3-18-15(10-4-5-11-15)14(17-16)13-8-6-12(2)7-9-13/h6-9,14,17H,3-5,10-11,16H2,1-2H3. The van der Waals surface area contributed by atoms with E-state index < -0.39 is 0 Å². The number of benzene rings is 1. The predicted octanol–water partition coefficient (Wildman–Crippen LogP) is 2.85. The second-order valence-corrected chi connectivity index (χ2v) is 5.22. The summed E-state index contributed by atoms with van der Waals surface area (Å²) in [5, 5.41) is 0. The van der Waals surface area contributed by atoms with Gasteiger partial charge in [-0.05, 0) is 32.3 Å². The summed E-state index contributed by atoms with van der Waals surface area (Å²) in [5.74, 6) is 5.81. The minimum Gasteiger partial charge on any atom is -0.373 e. The van der Waals surface area contributed by atoms with Crippen molar-refractivity contribution in [3.63, 3.8) is 0 Å². The van der Waals surface area contributed by atoms with Crippen LogP contribution in [0, 0.1) is 6.92 Å². The molecule has 2 rings (SSSR count). The number of aryl methyl sites for hydroxylation is 1. The van der Waals surface area contributed by atoms with Crippen molar-refractivity contribution in [2.24, 2.45) is 5.84 Å². The van der Waals surface area contributed by atoms with Gasteiger partial charge in [0.25, 0.3) is 0 Å². The van der Waals surface area contributed by atoms with Crippen molar-refractivity contribution in [1.82, 2.24) is 5.43 Å². The number of hydrogen-bond donors (Lipinski definition) is 2. The molecule has 1 fully saturated rings. The lowest BCUT2D eigenvalue weighted by Crippen LogP contribution is -2.46. The van der Waals surface area contributed by atoms with Gasteiger partial charge in [-0.2, -0.15) is 0 Å². The maximum atomic E-state index is 6.09. The molecule has 1 aliphatic rings. The SMILES string of the molecule is CCOC1(C(NN)c2ccc(C)cc2)CCCC1. The molecule has 0 spiro atoms. The molecule has 1 unspecified atom stereocenters. The molecule has 3 N–H and O–H groups in total. The molecule has 1 aromatic carbocycles. The summed E-state index contributed by atoms with van der Waals surface area (Å²) < 4.78 is 6.09. The summed E-state index contributed by atoms with van der Waals surface area (Å²) in [4.78, 5) is 0. The summed E-state index contributed by atoms with van der Waals surface area (Å²) in [6.07, 6.45) is 4.63.